The van der Waals surface area contributed by atoms with Crippen molar-refractivity contribution in [3.63, 3.8) is 0 Å². The summed E-state index contributed by atoms with van der Waals surface area (Å²) in [5.41, 5.74) is 6.11. The van der Waals surface area contributed by atoms with Gasteiger partial charge < -0.3 is 16.4 Å². The molecule has 1 saturated heterocycles. The van der Waals surface area contributed by atoms with Crippen LogP contribution in [0.2, 0.25) is 0 Å². The lowest BCUT2D eigenvalue weighted by Gasteiger charge is -2.20. The largest absolute Gasteiger partial charge is 0.325 e. The topological polar surface area (TPSA) is 87.5 Å². The highest BCUT2D eigenvalue weighted by atomic mass is 16.2. The Hall–Kier alpha value is -1.92. The van der Waals surface area contributed by atoms with Gasteiger partial charge in [-0.15, -0.1) is 0 Å². The standard InChI is InChI=1S/C18H28N4O2/c1-18(2,19)17(24)21-15-9-7-8-14(12-15)20-16(23)13-22-10-5-3-4-6-11-22/h7-9,12H,3-6,10-11,13,19H2,1-2H3,(H,20,23)(H,21,24). The predicted octanol–water partition coefficient (Wildman–Crippen LogP) is 2.18. The quantitative estimate of drug-likeness (QED) is 0.771. The van der Waals surface area contributed by atoms with Crippen LogP contribution in [0.4, 0.5) is 11.4 Å². The number of hydrogen-bond acceptors (Lipinski definition) is 4. The first-order valence-corrected chi connectivity index (χ1v) is 8.57. The SMILES string of the molecule is CC(C)(N)C(=O)Nc1cccc(NC(=O)CN2CCCCCC2)c1. The summed E-state index contributed by atoms with van der Waals surface area (Å²) in [7, 11) is 0. The number of rotatable bonds is 5. The van der Waals surface area contributed by atoms with Gasteiger partial charge >= 0.3 is 0 Å². The van der Waals surface area contributed by atoms with E-state index in [9.17, 15) is 9.59 Å². The molecule has 0 radical (unpaired) electrons. The van der Waals surface area contributed by atoms with E-state index >= 15 is 0 Å². The molecule has 0 bridgehead atoms. The van der Waals surface area contributed by atoms with Crippen LogP contribution >= 0.6 is 0 Å². The maximum atomic E-state index is 12.2. The van der Waals surface area contributed by atoms with Gasteiger partial charge in [0.15, 0.2) is 0 Å². The first kappa shape index (κ1) is 18.4. The minimum atomic E-state index is -0.952. The number of amides is 2. The average molecular weight is 332 g/mol. The van der Waals surface area contributed by atoms with Crippen LogP contribution in [0, 0.1) is 0 Å². The number of nitrogens with zero attached hydrogens (tertiary/aromatic N) is 1. The van der Waals surface area contributed by atoms with Crippen molar-refractivity contribution in [1.29, 1.82) is 0 Å². The van der Waals surface area contributed by atoms with Gasteiger partial charge in [-0.25, -0.2) is 0 Å². The van der Waals surface area contributed by atoms with Crippen LogP contribution in [0.15, 0.2) is 24.3 Å². The summed E-state index contributed by atoms with van der Waals surface area (Å²) >= 11 is 0. The Morgan fingerprint density at radius 3 is 2.25 bits per heavy atom. The summed E-state index contributed by atoms with van der Waals surface area (Å²) in [4.78, 5) is 26.4. The Balaban J connectivity index is 1.91. The molecule has 6 nitrogen and oxygen atoms in total. The van der Waals surface area contributed by atoms with Crippen LogP contribution < -0.4 is 16.4 Å². The van der Waals surface area contributed by atoms with Crippen LogP contribution in [0.25, 0.3) is 0 Å². The fraction of sp³-hybridized carbons (Fsp3) is 0.556. The van der Waals surface area contributed by atoms with Gasteiger partial charge in [0, 0.05) is 11.4 Å². The molecule has 1 aromatic carbocycles. The van der Waals surface area contributed by atoms with E-state index in [4.69, 9.17) is 5.73 Å². The number of carbonyl (C=O) groups excluding carboxylic acids is 2. The van der Waals surface area contributed by atoms with Gasteiger partial charge in [-0.2, -0.15) is 0 Å². The molecule has 1 aromatic rings. The third-order valence-electron chi connectivity index (χ3n) is 4.06. The summed E-state index contributed by atoms with van der Waals surface area (Å²) in [6.07, 6.45) is 4.81. The van der Waals surface area contributed by atoms with Crippen LogP contribution in [-0.4, -0.2) is 41.9 Å². The first-order valence-electron chi connectivity index (χ1n) is 8.57. The molecule has 1 heterocycles. The summed E-state index contributed by atoms with van der Waals surface area (Å²) in [5, 5.41) is 5.66. The molecular weight excluding hydrogens is 304 g/mol. The highest BCUT2D eigenvalue weighted by Gasteiger charge is 2.21. The molecule has 0 saturated carbocycles. The number of likely N-dealkylation sites (tertiary alicyclic amines) is 1. The Morgan fingerprint density at radius 1 is 1.08 bits per heavy atom. The number of carbonyl (C=O) groups is 2. The Bertz CT molecular complexity index is 573. The van der Waals surface area contributed by atoms with Crippen LogP contribution in [0.1, 0.15) is 39.5 Å². The highest BCUT2D eigenvalue weighted by molar-refractivity contribution is 5.98. The lowest BCUT2D eigenvalue weighted by molar-refractivity contribution is -0.120. The molecular formula is C18H28N4O2. The van der Waals surface area contributed by atoms with E-state index < -0.39 is 5.54 Å². The zero-order valence-corrected chi connectivity index (χ0v) is 14.6. The highest BCUT2D eigenvalue weighted by Crippen LogP contribution is 2.17. The monoisotopic (exact) mass is 332 g/mol. The van der Waals surface area contributed by atoms with Crippen molar-refractivity contribution in [2.45, 2.75) is 45.1 Å². The van der Waals surface area contributed by atoms with E-state index in [1.165, 1.54) is 12.8 Å². The second kappa shape index (κ2) is 8.26. The van der Waals surface area contributed by atoms with Gasteiger partial charge in [0.1, 0.15) is 0 Å². The van der Waals surface area contributed by atoms with Crippen molar-refractivity contribution >= 4 is 23.2 Å². The normalized spacial score (nSPS) is 16.3. The molecule has 24 heavy (non-hydrogen) atoms. The van der Waals surface area contributed by atoms with Crippen molar-refractivity contribution in [2.75, 3.05) is 30.3 Å². The second-order valence-corrected chi connectivity index (χ2v) is 7.00. The average Bonchev–Trinajstić information content (AvgIpc) is 2.75. The fourth-order valence-electron chi connectivity index (χ4n) is 2.66. The van der Waals surface area contributed by atoms with E-state index in [2.05, 4.69) is 15.5 Å². The molecule has 0 aromatic heterocycles. The summed E-state index contributed by atoms with van der Waals surface area (Å²) in [6, 6.07) is 7.11. The van der Waals surface area contributed by atoms with Crippen molar-refractivity contribution in [3.05, 3.63) is 24.3 Å². The lowest BCUT2D eigenvalue weighted by atomic mass is 10.1. The number of benzene rings is 1. The molecule has 4 N–H and O–H groups in total. The van der Waals surface area contributed by atoms with Gasteiger partial charge in [-0.3, -0.25) is 14.5 Å². The first-order chi connectivity index (χ1) is 11.3. The molecule has 0 aliphatic carbocycles. The number of nitrogens with one attached hydrogen (secondary N) is 2. The van der Waals surface area contributed by atoms with Crippen LogP contribution in [0.5, 0.6) is 0 Å². The zero-order chi connectivity index (χ0) is 17.6. The molecule has 1 aliphatic heterocycles. The number of hydrogen-bond donors (Lipinski definition) is 3. The van der Waals surface area contributed by atoms with E-state index in [0.29, 0.717) is 17.9 Å². The second-order valence-electron chi connectivity index (χ2n) is 7.00. The third kappa shape index (κ3) is 5.94. The van der Waals surface area contributed by atoms with E-state index in [-0.39, 0.29) is 11.8 Å². The van der Waals surface area contributed by atoms with Crippen molar-refractivity contribution in [2.24, 2.45) is 5.73 Å². The molecule has 1 fully saturated rings. The van der Waals surface area contributed by atoms with E-state index in [1.54, 1.807) is 32.0 Å². The van der Waals surface area contributed by atoms with Crippen LogP contribution in [-0.2, 0) is 9.59 Å². The summed E-state index contributed by atoms with van der Waals surface area (Å²) in [6.45, 7) is 5.67. The maximum absolute atomic E-state index is 12.2. The van der Waals surface area contributed by atoms with Crippen molar-refractivity contribution in [1.82, 2.24) is 4.90 Å². The molecule has 132 valence electrons. The van der Waals surface area contributed by atoms with Gasteiger partial charge in [0.25, 0.3) is 0 Å². The molecule has 2 rings (SSSR count). The van der Waals surface area contributed by atoms with Gasteiger partial charge in [-0.1, -0.05) is 18.9 Å². The Labute approximate surface area is 143 Å². The molecule has 2 amide bonds. The Morgan fingerprint density at radius 2 is 1.67 bits per heavy atom. The van der Waals surface area contributed by atoms with E-state index in [1.807, 2.05) is 6.07 Å². The predicted molar refractivity (Wildman–Crippen MR) is 96.9 cm³/mol. The smallest absolute Gasteiger partial charge is 0.243 e. The van der Waals surface area contributed by atoms with Crippen LogP contribution in [0.3, 0.4) is 0 Å². The maximum Gasteiger partial charge on any atom is 0.243 e. The fourth-order valence-corrected chi connectivity index (χ4v) is 2.66. The molecule has 6 heteroatoms. The third-order valence-corrected chi connectivity index (χ3v) is 4.06. The molecule has 0 atom stereocenters. The van der Waals surface area contributed by atoms with Crippen molar-refractivity contribution in [3.8, 4) is 0 Å². The van der Waals surface area contributed by atoms with Crippen molar-refractivity contribution < 1.29 is 9.59 Å². The van der Waals surface area contributed by atoms with Gasteiger partial charge in [0.05, 0.1) is 12.1 Å². The van der Waals surface area contributed by atoms with Gasteiger partial charge in [0.2, 0.25) is 11.8 Å². The molecule has 0 spiro atoms. The Kier molecular flexibility index (Phi) is 6.34. The minimum Gasteiger partial charge on any atom is -0.325 e. The molecule has 1 aliphatic rings. The number of anilines is 2. The summed E-state index contributed by atoms with van der Waals surface area (Å²) < 4.78 is 0. The van der Waals surface area contributed by atoms with E-state index in [0.717, 1.165) is 25.9 Å². The summed E-state index contributed by atoms with van der Waals surface area (Å²) in [5.74, 6) is -0.296. The lowest BCUT2D eigenvalue weighted by Crippen LogP contribution is -2.45. The minimum absolute atomic E-state index is 0.0282. The zero-order valence-electron chi connectivity index (χ0n) is 14.6. The van der Waals surface area contributed by atoms with Gasteiger partial charge in [-0.05, 0) is 58.0 Å². The number of nitrogens with two attached hydrogens (primary N) is 1. The molecule has 0 unspecified atom stereocenters.